The van der Waals surface area contributed by atoms with Crippen LogP contribution < -0.4 is 10.0 Å². The Bertz CT molecular complexity index is 888. The van der Waals surface area contributed by atoms with Crippen molar-refractivity contribution in [3.63, 3.8) is 0 Å². The summed E-state index contributed by atoms with van der Waals surface area (Å²) in [5, 5.41) is 13.5. The van der Waals surface area contributed by atoms with Crippen LogP contribution in [-0.2, 0) is 10.0 Å². The highest BCUT2D eigenvalue weighted by Crippen LogP contribution is 2.28. The number of carbonyl (C=O) groups is 1. The molecule has 1 aromatic heterocycles. The van der Waals surface area contributed by atoms with Gasteiger partial charge in [-0.1, -0.05) is 6.92 Å². The maximum atomic E-state index is 12.2. The van der Waals surface area contributed by atoms with Crippen molar-refractivity contribution in [2.75, 3.05) is 15.8 Å². The van der Waals surface area contributed by atoms with E-state index in [1.165, 1.54) is 18.2 Å². The second-order valence-corrected chi connectivity index (χ2v) is 8.36. The maximum absolute atomic E-state index is 12.2. The van der Waals surface area contributed by atoms with Crippen molar-refractivity contribution in [3.05, 3.63) is 50.2 Å². The summed E-state index contributed by atoms with van der Waals surface area (Å²) in [5.41, 5.74) is 0.766. The third kappa shape index (κ3) is 5.00. The van der Waals surface area contributed by atoms with E-state index < -0.39 is 20.9 Å². The average Bonchev–Trinajstić information content (AvgIpc) is 2.91. The minimum atomic E-state index is -3.37. The molecule has 8 nitrogen and oxygen atoms in total. The molecule has 2 N–H and O–H groups in total. The lowest BCUT2D eigenvalue weighted by molar-refractivity contribution is -0.385. The number of aryl methyl sites for hydroxylation is 1. The number of nitrogens with one attached hydrogen (secondary N) is 2. The Hall–Kier alpha value is -2.46. The largest absolute Gasteiger partial charge is 0.321 e. The van der Waals surface area contributed by atoms with Crippen LogP contribution in [0.1, 0.15) is 27.9 Å². The first-order chi connectivity index (χ1) is 11.7. The number of rotatable bonds is 7. The molecule has 0 saturated heterocycles. The summed E-state index contributed by atoms with van der Waals surface area (Å²) < 4.78 is 25.8. The number of anilines is 2. The molecule has 0 bridgehead atoms. The zero-order valence-corrected chi connectivity index (χ0v) is 15.2. The molecular formula is C15H17N3O5S2. The van der Waals surface area contributed by atoms with Crippen molar-refractivity contribution < 1.29 is 18.1 Å². The molecule has 0 fully saturated rings. The van der Waals surface area contributed by atoms with Gasteiger partial charge in [-0.3, -0.25) is 19.6 Å². The molecule has 10 heteroatoms. The fraction of sp³-hybridized carbons (Fsp3) is 0.267. The van der Waals surface area contributed by atoms with E-state index >= 15 is 0 Å². The van der Waals surface area contributed by atoms with Crippen LogP contribution in [0, 0.1) is 17.0 Å². The van der Waals surface area contributed by atoms with Crippen LogP contribution >= 0.6 is 11.3 Å². The van der Waals surface area contributed by atoms with Gasteiger partial charge in [0.1, 0.15) is 0 Å². The van der Waals surface area contributed by atoms with Gasteiger partial charge in [0.15, 0.2) is 0 Å². The molecule has 0 spiro atoms. The molecule has 0 radical (unpaired) electrons. The van der Waals surface area contributed by atoms with Crippen LogP contribution in [0.2, 0.25) is 0 Å². The number of sulfonamides is 1. The summed E-state index contributed by atoms with van der Waals surface area (Å²) in [5.74, 6) is -0.428. The predicted octanol–water partition coefficient (Wildman–Crippen LogP) is 3.37. The molecule has 0 aliphatic rings. The number of carbonyl (C=O) groups excluding carboxylic acids is 1. The molecular weight excluding hydrogens is 366 g/mol. The van der Waals surface area contributed by atoms with Crippen molar-refractivity contribution in [2.24, 2.45) is 0 Å². The lowest BCUT2D eigenvalue weighted by atomic mass is 10.3. The zero-order valence-electron chi connectivity index (χ0n) is 13.6. The van der Waals surface area contributed by atoms with E-state index in [0.717, 1.165) is 11.3 Å². The Morgan fingerprint density at radius 3 is 2.36 bits per heavy atom. The highest BCUT2D eigenvalue weighted by atomic mass is 32.2. The smallest absolute Gasteiger partial charge is 0.283 e. The molecule has 2 aromatic rings. The molecule has 25 heavy (non-hydrogen) atoms. The third-order valence-corrected chi connectivity index (χ3v) is 5.73. The van der Waals surface area contributed by atoms with Crippen molar-refractivity contribution >= 4 is 44.3 Å². The second kappa shape index (κ2) is 7.62. The predicted molar refractivity (Wildman–Crippen MR) is 97.8 cm³/mol. The van der Waals surface area contributed by atoms with E-state index in [-0.39, 0.29) is 16.3 Å². The van der Waals surface area contributed by atoms with Crippen molar-refractivity contribution in [1.29, 1.82) is 0 Å². The fourth-order valence-electron chi connectivity index (χ4n) is 2.08. The first-order valence-corrected chi connectivity index (χ1v) is 9.85. The molecule has 2 rings (SSSR count). The fourth-order valence-corrected chi connectivity index (χ4v) is 4.10. The Morgan fingerprint density at radius 1 is 1.24 bits per heavy atom. The van der Waals surface area contributed by atoms with Gasteiger partial charge in [0.2, 0.25) is 10.0 Å². The Kier molecular flexibility index (Phi) is 5.75. The van der Waals surface area contributed by atoms with Crippen LogP contribution in [0.5, 0.6) is 0 Å². The minimum Gasteiger partial charge on any atom is -0.321 e. The number of amides is 1. The van der Waals surface area contributed by atoms with Crippen LogP contribution in [0.3, 0.4) is 0 Å². The first kappa shape index (κ1) is 18.9. The molecule has 1 aromatic carbocycles. The quantitative estimate of drug-likeness (QED) is 0.561. The molecule has 0 atom stereocenters. The Morgan fingerprint density at radius 2 is 1.84 bits per heavy atom. The number of hydrogen-bond donors (Lipinski definition) is 2. The highest BCUT2D eigenvalue weighted by Gasteiger charge is 2.19. The average molecular weight is 383 g/mol. The van der Waals surface area contributed by atoms with E-state index in [1.54, 1.807) is 26.0 Å². The monoisotopic (exact) mass is 383 g/mol. The van der Waals surface area contributed by atoms with Crippen LogP contribution in [0.25, 0.3) is 0 Å². The summed E-state index contributed by atoms with van der Waals surface area (Å²) in [6.07, 6.45) is 0.510. The molecule has 0 aliphatic heterocycles. The zero-order chi connectivity index (χ0) is 18.6. The molecule has 1 amide bonds. The van der Waals surface area contributed by atoms with Crippen LogP contribution in [-0.4, -0.2) is 25.0 Å². The van der Waals surface area contributed by atoms with Crippen LogP contribution in [0.15, 0.2) is 30.3 Å². The van der Waals surface area contributed by atoms with Gasteiger partial charge in [0, 0.05) is 17.4 Å². The van der Waals surface area contributed by atoms with Gasteiger partial charge in [-0.25, -0.2) is 8.42 Å². The lowest BCUT2D eigenvalue weighted by Gasteiger charge is -2.08. The van der Waals surface area contributed by atoms with Gasteiger partial charge in [-0.2, -0.15) is 0 Å². The van der Waals surface area contributed by atoms with E-state index in [4.69, 9.17) is 0 Å². The summed E-state index contributed by atoms with van der Waals surface area (Å²) in [7, 11) is -3.37. The molecule has 0 unspecified atom stereocenters. The number of hydrogen-bond acceptors (Lipinski definition) is 6. The summed E-state index contributed by atoms with van der Waals surface area (Å²) in [6.45, 7) is 3.35. The van der Waals surface area contributed by atoms with Crippen molar-refractivity contribution in [1.82, 2.24) is 0 Å². The molecule has 1 heterocycles. The third-order valence-electron chi connectivity index (χ3n) is 3.20. The lowest BCUT2D eigenvalue weighted by Crippen LogP contribution is -2.16. The van der Waals surface area contributed by atoms with E-state index in [0.29, 0.717) is 22.7 Å². The number of nitrogens with zero attached hydrogens (tertiary/aromatic N) is 1. The van der Waals surface area contributed by atoms with Gasteiger partial charge >= 0.3 is 0 Å². The highest BCUT2D eigenvalue weighted by molar-refractivity contribution is 7.92. The normalized spacial score (nSPS) is 11.1. The number of nitro groups is 1. The van der Waals surface area contributed by atoms with E-state index in [2.05, 4.69) is 10.0 Å². The maximum Gasteiger partial charge on any atom is 0.283 e. The van der Waals surface area contributed by atoms with E-state index in [1.807, 2.05) is 0 Å². The minimum absolute atomic E-state index is 0.0298. The van der Waals surface area contributed by atoms with Gasteiger partial charge in [-0.15, -0.1) is 11.3 Å². The van der Waals surface area contributed by atoms with Gasteiger partial charge in [0.05, 0.1) is 20.4 Å². The summed E-state index contributed by atoms with van der Waals surface area (Å²) >= 11 is 1.04. The second-order valence-electron chi connectivity index (χ2n) is 5.26. The van der Waals surface area contributed by atoms with E-state index in [9.17, 15) is 23.3 Å². The topological polar surface area (TPSA) is 118 Å². The Balaban J connectivity index is 2.07. The number of thiophene rings is 1. The standard InChI is InChI=1S/C15H17N3O5S2/c1-3-8-25(22,23)17-12-6-4-11(5-7-12)16-15(19)14-9-13(18(20)21)10(2)24-14/h4-7,9,17H,3,8H2,1-2H3,(H,16,19). The van der Waals surface area contributed by atoms with Gasteiger partial charge in [0.25, 0.3) is 11.6 Å². The van der Waals surface area contributed by atoms with Gasteiger partial charge in [-0.05, 0) is 37.6 Å². The summed E-state index contributed by atoms with van der Waals surface area (Å²) in [6, 6.07) is 7.41. The van der Waals surface area contributed by atoms with Crippen molar-refractivity contribution in [3.8, 4) is 0 Å². The molecule has 0 aliphatic carbocycles. The van der Waals surface area contributed by atoms with Gasteiger partial charge < -0.3 is 5.32 Å². The number of benzene rings is 1. The molecule has 134 valence electrons. The molecule has 0 saturated carbocycles. The van der Waals surface area contributed by atoms with Crippen LogP contribution in [0.4, 0.5) is 17.1 Å². The SMILES string of the molecule is CCCS(=O)(=O)Nc1ccc(NC(=O)c2cc([N+](=O)[O-])c(C)s2)cc1. The Labute approximate surface area is 149 Å². The van der Waals surface area contributed by atoms with Crippen molar-refractivity contribution in [2.45, 2.75) is 20.3 Å². The first-order valence-electron chi connectivity index (χ1n) is 7.38. The summed E-state index contributed by atoms with van der Waals surface area (Å²) in [4.78, 5) is 23.2.